The minimum atomic E-state index is -0.340. The summed E-state index contributed by atoms with van der Waals surface area (Å²) >= 11 is 0. The van der Waals surface area contributed by atoms with Gasteiger partial charge in [-0.05, 0) is 41.8 Å². The molecule has 0 atom stereocenters. The average molecular weight is 353 g/mol. The fourth-order valence-electron chi connectivity index (χ4n) is 3.42. The molecule has 5 heteroatoms. The molecule has 0 aliphatic carbocycles. The number of piperazine rings is 1. The summed E-state index contributed by atoms with van der Waals surface area (Å²) in [7, 11) is 0. The number of aliphatic hydroxyl groups excluding tert-OH is 1. The first-order valence-electron chi connectivity index (χ1n) is 9.03. The Labute approximate surface area is 154 Å². The molecule has 1 N–H and O–H groups in total. The van der Waals surface area contributed by atoms with E-state index in [1.165, 1.54) is 11.8 Å². The number of halogens is 1. The van der Waals surface area contributed by atoms with Crippen LogP contribution in [-0.4, -0.2) is 36.2 Å². The maximum atomic E-state index is 13.8. The second-order valence-corrected chi connectivity index (χ2v) is 6.65. The molecular weight excluding hydrogens is 329 g/mol. The molecular formula is C21H24FN3O. The van der Waals surface area contributed by atoms with Gasteiger partial charge in [0, 0.05) is 44.0 Å². The van der Waals surface area contributed by atoms with Crippen molar-refractivity contribution < 1.29 is 9.50 Å². The van der Waals surface area contributed by atoms with E-state index >= 15 is 0 Å². The normalized spacial score (nSPS) is 15.1. The molecule has 1 aliphatic rings. The van der Waals surface area contributed by atoms with Crippen molar-refractivity contribution in [2.75, 3.05) is 31.1 Å². The van der Waals surface area contributed by atoms with E-state index in [1.54, 1.807) is 6.07 Å². The molecule has 1 aliphatic heterocycles. The zero-order valence-corrected chi connectivity index (χ0v) is 15.1. The maximum absolute atomic E-state index is 13.8. The second kappa shape index (κ2) is 8.31. The van der Waals surface area contributed by atoms with Crippen LogP contribution in [0.3, 0.4) is 0 Å². The molecule has 0 spiro atoms. The minimum Gasteiger partial charge on any atom is -0.392 e. The Morgan fingerprint density at radius 3 is 2.46 bits per heavy atom. The summed E-state index contributed by atoms with van der Waals surface area (Å²) in [5.41, 5.74) is 4.28. The molecule has 2 aromatic carbocycles. The van der Waals surface area contributed by atoms with E-state index in [9.17, 15) is 4.39 Å². The zero-order valence-electron chi connectivity index (χ0n) is 15.1. The first-order valence-corrected chi connectivity index (χ1v) is 9.03. The number of nitriles is 1. The van der Waals surface area contributed by atoms with Crippen molar-refractivity contribution in [1.82, 2.24) is 4.90 Å². The van der Waals surface area contributed by atoms with Gasteiger partial charge in [-0.2, -0.15) is 5.26 Å². The van der Waals surface area contributed by atoms with Gasteiger partial charge in [-0.15, -0.1) is 0 Å². The van der Waals surface area contributed by atoms with Gasteiger partial charge in [0.15, 0.2) is 0 Å². The molecule has 0 bridgehead atoms. The van der Waals surface area contributed by atoms with Crippen molar-refractivity contribution in [3.05, 3.63) is 64.5 Å². The molecule has 26 heavy (non-hydrogen) atoms. The molecule has 0 unspecified atom stereocenters. The Morgan fingerprint density at radius 1 is 1.08 bits per heavy atom. The Morgan fingerprint density at radius 2 is 1.85 bits per heavy atom. The SMILES string of the molecule is CCc1cc(N2CCN(Cc3ccc(CO)c(F)c3)CC2)ccc1C#N. The Balaban J connectivity index is 1.61. The van der Waals surface area contributed by atoms with Crippen LogP contribution in [-0.2, 0) is 19.6 Å². The van der Waals surface area contributed by atoms with Gasteiger partial charge in [0.1, 0.15) is 5.82 Å². The van der Waals surface area contributed by atoms with Gasteiger partial charge < -0.3 is 10.0 Å². The Kier molecular flexibility index (Phi) is 5.87. The first-order chi connectivity index (χ1) is 12.6. The van der Waals surface area contributed by atoms with Crippen LogP contribution in [0.25, 0.3) is 0 Å². The lowest BCUT2D eigenvalue weighted by atomic mass is 10.0. The van der Waals surface area contributed by atoms with Gasteiger partial charge in [0.2, 0.25) is 0 Å². The van der Waals surface area contributed by atoms with Crippen LogP contribution in [0.4, 0.5) is 10.1 Å². The first kappa shape index (κ1) is 18.4. The van der Waals surface area contributed by atoms with Gasteiger partial charge in [0.25, 0.3) is 0 Å². The molecule has 1 fully saturated rings. The fourth-order valence-corrected chi connectivity index (χ4v) is 3.42. The number of anilines is 1. The molecule has 3 rings (SSSR count). The number of hydrogen-bond acceptors (Lipinski definition) is 4. The predicted molar refractivity (Wildman–Crippen MR) is 100 cm³/mol. The summed E-state index contributed by atoms with van der Waals surface area (Å²) < 4.78 is 13.8. The summed E-state index contributed by atoms with van der Waals surface area (Å²) in [5.74, 6) is -0.340. The third-order valence-electron chi connectivity index (χ3n) is 5.02. The standard InChI is InChI=1S/C21H24FN3O/c1-2-17-12-20(6-5-18(17)13-23)25-9-7-24(8-10-25)14-16-3-4-19(15-26)21(22)11-16/h3-6,11-12,26H,2,7-10,14-15H2,1H3. The largest absolute Gasteiger partial charge is 0.392 e. The van der Waals surface area contributed by atoms with Crippen molar-refractivity contribution in [2.45, 2.75) is 26.5 Å². The van der Waals surface area contributed by atoms with Gasteiger partial charge in [-0.1, -0.05) is 19.1 Å². The third kappa shape index (κ3) is 4.04. The van der Waals surface area contributed by atoms with Gasteiger partial charge in [0.05, 0.1) is 18.2 Å². The lowest BCUT2D eigenvalue weighted by molar-refractivity contribution is 0.249. The molecule has 0 aromatic heterocycles. The van der Waals surface area contributed by atoms with E-state index in [1.807, 2.05) is 18.2 Å². The highest BCUT2D eigenvalue weighted by atomic mass is 19.1. The number of nitrogens with zero attached hydrogens (tertiary/aromatic N) is 3. The van der Waals surface area contributed by atoms with E-state index in [0.29, 0.717) is 12.1 Å². The molecule has 136 valence electrons. The van der Waals surface area contributed by atoms with Crippen molar-refractivity contribution in [3.63, 3.8) is 0 Å². The molecule has 4 nitrogen and oxygen atoms in total. The Hall–Kier alpha value is -2.42. The van der Waals surface area contributed by atoms with E-state index in [-0.39, 0.29) is 12.4 Å². The van der Waals surface area contributed by atoms with Crippen LogP contribution < -0.4 is 4.90 Å². The van der Waals surface area contributed by atoms with Crippen molar-refractivity contribution in [1.29, 1.82) is 5.26 Å². The van der Waals surface area contributed by atoms with Crippen LogP contribution in [0, 0.1) is 17.1 Å². The summed E-state index contributed by atoms with van der Waals surface area (Å²) in [6.45, 7) is 6.15. The third-order valence-corrected chi connectivity index (χ3v) is 5.02. The quantitative estimate of drug-likeness (QED) is 0.898. The zero-order chi connectivity index (χ0) is 18.5. The van der Waals surface area contributed by atoms with E-state index in [4.69, 9.17) is 10.4 Å². The maximum Gasteiger partial charge on any atom is 0.129 e. The number of benzene rings is 2. The van der Waals surface area contributed by atoms with E-state index in [2.05, 4.69) is 28.9 Å². The van der Waals surface area contributed by atoms with Crippen molar-refractivity contribution >= 4 is 5.69 Å². The average Bonchev–Trinajstić information content (AvgIpc) is 2.68. The van der Waals surface area contributed by atoms with Crippen molar-refractivity contribution in [3.8, 4) is 6.07 Å². The molecule has 2 aromatic rings. The van der Waals surface area contributed by atoms with Crippen LogP contribution in [0.1, 0.15) is 29.2 Å². The molecule has 1 saturated heterocycles. The van der Waals surface area contributed by atoms with E-state index < -0.39 is 0 Å². The minimum absolute atomic E-state index is 0.269. The highest BCUT2D eigenvalue weighted by molar-refractivity contribution is 5.54. The molecule has 1 heterocycles. The predicted octanol–water partition coefficient (Wildman–Crippen LogP) is 3.07. The lowest BCUT2D eigenvalue weighted by Gasteiger charge is -2.36. The van der Waals surface area contributed by atoms with Crippen LogP contribution in [0.15, 0.2) is 36.4 Å². The lowest BCUT2D eigenvalue weighted by Crippen LogP contribution is -2.46. The van der Waals surface area contributed by atoms with Gasteiger partial charge in [-0.3, -0.25) is 4.90 Å². The van der Waals surface area contributed by atoms with E-state index in [0.717, 1.165) is 49.3 Å². The molecule has 0 saturated carbocycles. The summed E-state index contributed by atoms with van der Waals surface area (Å²) in [6.07, 6.45) is 0.853. The molecule has 0 radical (unpaired) electrons. The summed E-state index contributed by atoms with van der Waals surface area (Å²) in [4.78, 5) is 4.65. The van der Waals surface area contributed by atoms with Gasteiger partial charge in [-0.25, -0.2) is 4.39 Å². The fraction of sp³-hybridized carbons (Fsp3) is 0.381. The van der Waals surface area contributed by atoms with Crippen LogP contribution in [0.2, 0.25) is 0 Å². The van der Waals surface area contributed by atoms with Crippen molar-refractivity contribution in [2.24, 2.45) is 0 Å². The number of aryl methyl sites for hydroxylation is 1. The summed E-state index contributed by atoms with van der Waals surface area (Å²) in [5, 5.41) is 18.2. The number of rotatable bonds is 5. The second-order valence-electron chi connectivity index (χ2n) is 6.65. The highest BCUT2D eigenvalue weighted by Gasteiger charge is 2.18. The van der Waals surface area contributed by atoms with Gasteiger partial charge >= 0.3 is 0 Å². The smallest absolute Gasteiger partial charge is 0.129 e. The topological polar surface area (TPSA) is 50.5 Å². The monoisotopic (exact) mass is 353 g/mol. The van der Waals surface area contributed by atoms with Crippen LogP contribution in [0.5, 0.6) is 0 Å². The number of aliphatic hydroxyl groups is 1. The molecule has 0 amide bonds. The summed E-state index contributed by atoms with van der Waals surface area (Å²) in [6, 6.07) is 13.4. The van der Waals surface area contributed by atoms with Crippen LogP contribution >= 0.6 is 0 Å². The number of hydrogen-bond donors (Lipinski definition) is 1. The Bertz CT molecular complexity index is 807. The highest BCUT2D eigenvalue weighted by Crippen LogP contribution is 2.22.